The zero-order valence-corrected chi connectivity index (χ0v) is 17.3. The van der Waals surface area contributed by atoms with Crippen molar-refractivity contribution in [3.05, 3.63) is 54.7 Å². The van der Waals surface area contributed by atoms with Crippen LogP contribution in [-0.4, -0.2) is 45.0 Å². The molecule has 29 heavy (non-hydrogen) atoms. The first-order valence-electron chi connectivity index (χ1n) is 8.70. The molecule has 0 N–H and O–H groups in total. The van der Waals surface area contributed by atoms with E-state index in [0.717, 1.165) is 25.2 Å². The van der Waals surface area contributed by atoms with Crippen LogP contribution in [0.1, 0.15) is 6.92 Å². The lowest BCUT2D eigenvalue weighted by Gasteiger charge is -2.15. The molecule has 3 rings (SSSR count). The summed E-state index contributed by atoms with van der Waals surface area (Å²) in [5.74, 6) is 0.254. The van der Waals surface area contributed by atoms with Gasteiger partial charge >= 0.3 is 5.97 Å². The third kappa shape index (κ3) is 4.47. The van der Waals surface area contributed by atoms with Crippen molar-refractivity contribution in [2.24, 2.45) is 0 Å². The molecule has 8 nitrogen and oxygen atoms in total. The van der Waals surface area contributed by atoms with Crippen molar-refractivity contribution in [1.29, 1.82) is 0 Å². The number of carbonyl (C=O) groups excluding carboxylic acids is 1. The fourth-order valence-corrected chi connectivity index (χ4v) is 3.59. The molecule has 9 heteroatoms. The molecule has 0 fully saturated rings. The predicted molar refractivity (Wildman–Crippen MR) is 108 cm³/mol. The van der Waals surface area contributed by atoms with Crippen LogP contribution in [0.2, 0.25) is 0 Å². The van der Waals surface area contributed by atoms with Crippen molar-refractivity contribution >= 4 is 21.7 Å². The summed E-state index contributed by atoms with van der Waals surface area (Å²) in [7, 11) is 1.15. The number of aromatic nitrogens is 1. The Bertz CT molecular complexity index is 1100. The van der Waals surface area contributed by atoms with Crippen molar-refractivity contribution < 1.29 is 22.5 Å². The van der Waals surface area contributed by atoms with Crippen LogP contribution in [0.25, 0.3) is 22.8 Å². The minimum absolute atomic E-state index is 0.0175. The maximum atomic E-state index is 12.4. The highest BCUT2D eigenvalue weighted by molar-refractivity contribution is 7.89. The Balaban J connectivity index is 1.81. The van der Waals surface area contributed by atoms with E-state index in [0.29, 0.717) is 21.7 Å². The quantitative estimate of drug-likeness (QED) is 0.571. The molecule has 2 aromatic carbocycles. The van der Waals surface area contributed by atoms with Gasteiger partial charge in [-0.1, -0.05) is 0 Å². The molecule has 0 aliphatic rings. The number of sulfonamides is 1. The first kappa shape index (κ1) is 20.6. The Labute approximate surface area is 169 Å². The largest absolute Gasteiger partial charge is 0.436 e. The van der Waals surface area contributed by atoms with E-state index in [-0.39, 0.29) is 4.90 Å². The van der Waals surface area contributed by atoms with Crippen LogP contribution in [0.4, 0.5) is 5.69 Å². The molecule has 3 aromatic rings. The van der Waals surface area contributed by atoms with Crippen LogP contribution in [-0.2, 0) is 19.7 Å². The van der Waals surface area contributed by atoms with E-state index >= 15 is 0 Å². The Morgan fingerprint density at radius 3 is 2.10 bits per heavy atom. The van der Waals surface area contributed by atoms with Gasteiger partial charge in [-0.2, -0.15) is 0 Å². The number of rotatable bonds is 6. The monoisotopic (exact) mass is 415 g/mol. The van der Waals surface area contributed by atoms with Gasteiger partial charge in [-0.15, -0.1) is 0 Å². The van der Waals surface area contributed by atoms with Gasteiger partial charge in [0.05, 0.1) is 11.1 Å². The molecule has 0 spiro atoms. The molecule has 0 bridgehead atoms. The van der Waals surface area contributed by atoms with Crippen molar-refractivity contribution in [1.82, 2.24) is 9.45 Å². The van der Waals surface area contributed by atoms with E-state index in [1.165, 1.54) is 12.1 Å². The van der Waals surface area contributed by atoms with Crippen molar-refractivity contribution in [2.75, 3.05) is 26.0 Å². The summed E-state index contributed by atoms with van der Waals surface area (Å²) in [6.45, 7) is 1.13. The lowest BCUT2D eigenvalue weighted by molar-refractivity contribution is -0.162. The molecule has 0 unspecified atom stereocenters. The number of hydroxylamine groups is 1. The highest BCUT2D eigenvalue weighted by Crippen LogP contribution is 2.28. The second-order valence-corrected chi connectivity index (χ2v) is 8.43. The minimum Gasteiger partial charge on any atom is -0.436 e. The maximum absolute atomic E-state index is 12.4. The average Bonchev–Trinajstić information content (AvgIpc) is 3.18. The number of anilines is 1. The van der Waals surface area contributed by atoms with E-state index in [2.05, 4.69) is 9.82 Å². The third-order valence-electron chi connectivity index (χ3n) is 4.17. The standard InChI is InChI=1S/C20H21N3O5S/c1-14(24)28-23(4)29(25,26)18-11-7-16(8-12-18)20-21-13-19(27-20)15-5-9-17(10-6-15)22(2)3/h5-13H,1-4H3. The zero-order chi connectivity index (χ0) is 21.2. The van der Waals surface area contributed by atoms with Crippen molar-refractivity contribution in [3.63, 3.8) is 0 Å². The smallest absolute Gasteiger partial charge is 0.323 e. The molecule has 0 amide bonds. The molecular formula is C20H21N3O5S. The van der Waals surface area contributed by atoms with E-state index in [9.17, 15) is 13.2 Å². The van der Waals surface area contributed by atoms with Gasteiger partial charge in [0.2, 0.25) is 5.89 Å². The molecule has 152 valence electrons. The first-order valence-corrected chi connectivity index (χ1v) is 10.1. The summed E-state index contributed by atoms with van der Waals surface area (Å²) < 4.78 is 31.1. The number of oxazole rings is 1. The zero-order valence-electron chi connectivity index (χ0n) is 16.5. The highest BCUT2D eigenvalue weighted by atomic mass is 32.2. The van der Waals surface area contributed by atoms with Crippen LogP contribution < -0.4 is 4.90 Å². The molecule has 1 heterocycles. The number of nitrogens with zero attached hydrogens (tertiary/aromatic N) is 3. The van der Waals surface area contributed by atoms with Crippen molar-refractivity contribution in [2.45, 2.75) is 11.8 Å². The Morgan fingerprint density at radius 1 is 0.966 bits per heavy atom. The second-order valence-electron chi connectivity index (χ2n) is 6.49. The Morgan fingerprint density at radius 2 is 1.55 bits per heavy atom. The van der Waals surface area contributed by atoms with Crippen LogP contribution >= 0.6 is 0 Å². The van der Waals surface area contributed by atoms with Gasteiger partial charge in [-0.3, -0.25) is 4.79 Å². The predicted octanol–water partition coefficient (Wildman–Crippen LogP) is 3.17. The minimum atomic E-state index is -3.95. The summed E-state index contributed by atoms with van der Waals surface area (Å²) >= 11 is 0. The number of carbonyl (C=O) groups is 1. The fraction of sp³-hybridized carbons (Fsp3) is 0.200. The van der Waals surface area contributed by atoms with E-state index < -0.39 is 16.0 Å². The lowest BCUT2D eigenvalue weighted by atomic mass is 10.1. The Hall–Kier alpha value is -3.17. The lowest BCUT2D eigenvalue weighted by Crippen LogP contribution is -2.29. The van der Waals surface area contributed by atoms with Gasteiger partial charge in [0.15, 0.2) is 5.76 Å². The van der Waals surface area contributed by atoms with Crippen LogP contribution in [0.15, 0.2) is 64.0 Å². The Kier molecular flexibility index (Phi) is 5.71. The van der Waals surface area contributed by atoms with Crippen molar-refractivity contribution in [3.8, 4) is 22.8 Å². The van der Waals surface area contributed by atoms with Gasteiger partial charge in [-0.05, 0) is 53.0 Å². The summed E-state index contributed by atoms with van der Waals surface area (Å²) in [5.41, 5.74) is 2.58. The van der Waals surface area contributed by atoms with E-state index in [1.54, 1.807) is 18.3 Å². The maximum Gasteiger partial charge on any atom is 0.323 e. The van der Waals surface area contributed by atoms with Gasteiger partial charge < -0.3 is 14.2 Å². The van der Waals surface area contributed by atoms with Gasteiger partial charge in [0.1, 0.15) is 0 Å². The molecule has 0 aliphatic heterocycles. The molecule has 0 atom stereocenters. The van der Waals surface area contributed by atoms with Gasteiger partial charge in [0.25, 0.3) is 10.0 Å². The van der Waals surface area contributed by atoms with Gasteiger partial charge in [0, 0.05) is 44.9 Å². The number of hydrogen-bond acceptors (Lipinski definition) is 7. The highest BCUT2D eigenvalue weighted by Gasteiger charge is 2.23. The summed E-state index contributed by atoms with van der Waals surface area (Å²) in [5, 5.41) is 0. The summed E-state index contributed by atoms with van der Waals surface area (Å²) in [4.78, 5) is 21.9. The second kappa shape index (κ2) is 8.06. The van der Waals surface area contributed by atoms with Gasteiger partial charge in [-0.25, -0.2) is 13.4 Å². The number of benzene rings is 2. The number of hydrogen-bond donors (Lipinski definition) is 0. The molecule has 0 saturated carbocycles. The summed E-state index contributed by atoms with van der Waals surface area (Å²) in [6, 6.07) is 13.8. The topological polar surface area (TPSA) is 92.9 Å². The SMILES string of the molecule is CC(=O)ON(C)S(=O)(=O)c1ccc(-c2ncc(-c3ccc(N(C)C)cc3)o2)cc1. The van der Waals surface area contributed by atoms with Crippen LogP contribution in [0, 0.1) is 0 Å². The average molecular weight is 415 g/mol. The third-order valence-corrected chi connectivity index (χ3v) is 5.79. The van der Waals surface area contributed by atoms with E-state index in [4.69, 9.17) is 4.42 Å². The summed E-state index contributed by atoms with van der Waals surface area (Å²) in [6.07, 6.45) is 1.62. The molecule has 0 saturated heterocycles. The fourth-order valence-electron chi connectivity index (χ4n) is 2.61. The van der Waals surface area contributed by atoms with Crippen LogP contribution in [0.3, 0.4) is 0 Å². The molecule has 0 radical (unpaired) electrons. The molecular weight excluding hydrogens is 394 g/mol. The first-order chi connectivity index (χ1) is 13.7. The molecule has 0 aliphatic carbocycles. The van der Waals surface area contributed by atoms with E-state index in [1.807, 2.05) is 43.3 Å². The normalized spacial score (nSPS) is 11.5. The van der Waals surface area contributed by atoms with Crippen LogP contribution in [0.5, 0.6) is 0 Å². The molecule has 1 aromatic heterocycles.